The van der Waals surface area contributed by atoms with E-state index >= 15 is 0 Å². The smallest absolute Gasteiger partial charge is 0.0938 e. The number of aliphatic hydroxyl groups is 1. The fraction of sp³-hybridized carbons (Fsp3) is 0.308. The van der Waals surface area contributed by atoms with Gasteiger partial charge >= 0.3 is 0 Å². The standard InChI is InChI=1S/C13H14ClNOS/c1-9-15-10(8-17-9)7-13(2,16)11-5-3-4-6-12(11)14/h3-6,8,16H,7H2,1-2H3. The Morgan fingerprint density at radius 1 is 1.41 bits per heavy atom. The molecule has 1 unspecified atom stereocenters. The fourth-order valence-electron chi connectivity index (χ4n) is 1.84. The van der Waals surface area contributed by atoms with Gasteiger partial charge in [-0.25, -0.2) is 4.98 Å². The fourth-order valence-corrected chi connectivity index (χ4v) is 2.79. The molecule has 0 saturated heterocycles. The molecular formula is C13H14ClNOS. The predicted molar refractivity (Wildman–Crippen MR) is 71.6 cm³/mol. The van der Waals surface area contributed by atoms with Crippen molar-refractivity contribution in [3.63, 3.8) is 0 Å². The molecule has 4 heteroatoms. The zero-order chi connectivity index (χ0) is 12.5. The second kappa shape index (κ2) is 4.77. The molecule has 1 N–H and O–H groups in total. The second-order valence-electron chi connectivity index (χ2n) is 4.29. The Morgan fingerprint density at radius 3 is 2.71 bits per heavy atom. The van der Waals surface area contributed by atoms with Crippen LogP contribution in [0.1, 0.15) is 23.2 Å². The molecule has 0 spiro atoms. The highest BCUT2D eigenvalue weighted by atomic mass is 35.5. The minimum absolute atomic E-state index is 0.473. The molecule has 1 heterocycles. The zero-order valence-corrected chi connectivity index (χ0v) is 11.3. The van der Waals surface area contributed by atoms with Gasteiger partial charge in [0.2, 0.25) is 0 Å². The van der Waals surface area contributed by atoms with Crippen LogP contribution in [0.15, 0.2) is 29.6 Å². The van der Waals surface area contributed by atoms with Crippen molar-refractivity contribution in [2.24, 2.45) is 0 Å². The van der Waals surface area contributed by atoms with E-state index in [1.165, 1.54) is 0 Å². The summed E-state index contributed by atoms with van der Waals surface area (Å²) >= 11 is 7.69. The van der Waals surface area contributed by atoms with E-state index in [0.717, 1.165) is 16.3 Å². The van der Waals surface area contributed by atoms with Crippen molar-refractivity contribution in [3.05, 3.63) is 50.9 Å². The van der Waals surface area contributed by atoms with Gasteiger partial charge in [-0.1, -0.05) is 29.8 Å². The third kappa shape index (κ3) is 2.86. The lowest BCUT2D eigenvalue weighted by Crippen LogP contribution is -2.24. The first-order valence-corrected chi connectivity index (χ1v) is 6.63. The highest BCUT2D eigenvalue weighted by Gasteiger charge is 2.26. The van der Waals surface area contributed by atoms with Gasteiger partial charge in [0, 0.05) is 22.4 Å². The minimum atomic E-state index is -0.987. The van der Waals surface area contributed by atoms with E-state index in [0.29, 0.717) is 11.4 Å². The zero-order valence-electron chi connectivity index (χ0n) is 9.77. The summed E-state index contributed by atoms with van der Waals surface area (Å²) in [6.07, 6.45) is 0.473. The number of rotatable bonds is 3. The molecule has 0 amide bonds. The maximum atomic E-state index is 10.5. The van der Waals surface area contributed by atoms with Crippen LogP contribution in [0, 0.1) is 6.92 Å². The van der Waals surface area contributed by atoms with Crippen molar-refractivity contribution in [1.29, 1.82) is 0 Å². The van der Waals surface area contributed by atoms with Gasteiger partial charge in [-0.2, -0.15) is 0 Å². The third-order valence-corrected chi connectivity index (χ3v) is 3.80. The molecule has 2 nitrogen and oxygen atoms in total. The number of halogens is 1. The molecule has 2 aromatic rings. The molecular weight excluding hydrogens is 254 g/mol. The summed E-state index contributed by atoms with van der Waals surface area (Å²) in [5.74, 6) is 0. The van der Waals surface area contributed by atoms with E-state index in [9.17, 15) is 5.11 Å². The van der Waals surface area contributed by atoms with Crippen molar-refractivity contribution in [2.75, 3.05) is 0 Å². The number of benzene rings is 1. The van der Waals surface area contributed by atoms with Crippen molar-refractivity contribution in [3.8, 4) is 0 Å². The molecule has 17 heavy (non-hydrogen) atoms. The van der Waals surface area contributed by atoms with Crippen molar-refractivity contribution in [1.82, 2.24) is 4.98 Å². The van der Waals surface area contributed by atoms with Crippen molar-refractivity contribution in [2.45, 2.75) is 25.9 Å². The molecule has 0 aliphatic heterocycles. The largest absolute Gasteiger partial charge is 0.385 e. The van der Waals surface area contributed by atoms with Gasteiger partial charge in [0.25, 0.3) is 0 Å². The summed E-state index contributed by atoms with van der Waals surface area (Å²) in [4.78, 5) is 4.37. The van der Waals surface area contributed by atoms with Gasteiger partial charge in [-0.3, -0.25) is 0 Å². The summed E-state index contributed by atoms with van der Waals surface area (Å²) in [6.45, 7) is 3.72. The predicted octanol–water partition coefficient (Wildman–Crippen LogP) is 3.56. The number of hydrogen-bond acceptors (Lipinski definition) is 3. The lowest BCUT2D eigenvalue weighted by Gasteiger charge is -2.24. The van der Waals surface area contributed by atoms with Crippen LogP contribution in [0.2, 0.25) is 5.02 Å². The quantitative estimate of drug-likeness (QED) is 0.923. The summed E-state index contributed by atoms with van der Waals surface area (Å²) in [6, 6.07) is 7.37. The first kappa shape index (κ1) is 12.6. The van der Waals surface area contributed by atoms with Crippen LogP contribution in [0.5, 0.6) is 0 Å². The maximum absolute atomic E-state index is 10.5. The Hall–Kier alpha value is -0.900. The normalized spacial score (nSPS) is 14.6. The number of aryl methyl sites for hydroxylation is 1. The summed E-state index contributed by atoms with van der Waals surface area (Å²) < 4.78 is 0. The second-order valence-corrected chi connectivity index (χ2v) is 5.76. The molecule has 1 aromatic heterocycles. The first-order valence-electron chi connectivity index (χ1n) is 5.37. The van der Waals surface area contributed by atoms with Crippen LogP contribution in [-0.4, -0.2) is 10.1 Å². The molecule has 0 aliphatic rings. The molecule has 0 bridgehead atoms. The highest BCUT2D eigenvalue weighted by Crippen LogP contribution is 2.31. The monoisotopic (exact) mass is 267 g/mol. The van der Waals surface area contributed by atoms with Crippen LogP contribution in [0.4, 0.5) is 0 Å². The lowest BCUT2D eigenvalue weighted by atomic mass is 9.91. The minimum Gasteiger partial charge on any atom is -0.385 e. The maximum Gasteiger partial charge on any atom is 0.0938 e. The van der Waals surface area contributed by atoms with Gasteiger partial charge < -0.3 is 5.11 Å². The Morgan fingerprint density at radius 2 is 2.12 bits per heavy atom. The molecule has 1 atom stereocenters. The van der Waals surface area contributed by atoms with E-state index in [4.69, 9.17) is 11.6 Å². The Labute approximate surface area is 110 Å². The summed E-state index contributed by atoms with van der Waals surface area (Å²) in [5.41, 5.74) is 0.656. The van der Waals surface area contributed by atoms with Crippen LogP contribution < -0.4 is 0 Å². The van der Waals surface area contributed by atoms with E-state index < -0.39 is 5.60 Å². The molecule has 2 rings (SSSR count). The van der Waals surface area contributed by atoms with E-state index in [1.54, 1.807) is 24.3 Å². The summed E-state index contributed by atoms with van der Waals surface area (Å²) in [5, 5.41) is 14.1. The molecule has 90 valence electrons. The van der Waals surface area contributed by atoms with Crippen molar-refractivity contribution < 1.29 is 5.11 Å². The molecule has 0 saturated carbocycles. The number of aromatic nitrogens is 1. The van der Waals surface area contributed by atoms with Gasteiger partial charge in [0.1, 0.15) is 0 Å². The van der Waals surface area contributed by atoms with Crippen LogP contribution in [-0.2, 0) is 12.0 Å². The van der Waals surface area contributed by atoms with E-state index in [-0.39, 0.29) is 0 Å². The van der Waals surface area contributed by atoms with Gasteiger partial charge in [-0.05, 0) is 19.9 Å². The van der Waals surface area contributed by atoms with Gasteiger partial charge in [0.05, 0.1) is 16.3 Å². The lowest BCUT2D eigenvalue weighted by molar-refractivity contribution is 0.0568. The highest BCUT2D eigenvalue weighted by molar-refractivity contribution is 7.09. The molecule has 0 fully saturated rings. The van der Waals surface area contributed by atoms with Crippen LogP contribution >= 0.6 is 22.9 Å². The van der Waals surface area contributed by atoms with Crippen LogP contribution in [0.3, 0.4) is 0 Å². The topological polar surface area (TPSA) is 33.1 Å². The molecule has 0 aliphatic carbocycles. The average molecular weight is 268 g/mol. The summed E-state index contributed by atoms with van der Waals surface area (Å²) in [7, 11) is 0. The first-order chi connectivity index (χ1) is 7.99. The molecule has 0 radical (unpaired) electrons. The van der Waals surface area contributed by atoms with E-state index in [2.05, 4.69) is 4.98 Å². The third-order valence-electron chi connectivity index (χ3n) is 2.65. The van der Waals surface area contributed by atoms with Gasteiger partial charge in [0.15, 0.2) is 0 Å². The number of hydrogen-bond donors (Lipinski definition) is 1. The Balaban J connectivity index is 2.27. The number of thiazole rings is 1. The van der Waals surface area contributed by atoms with E-state index in [1.807, 2.05) is 30.5 Å². The van der Waals surface area contributed by atoms with Crippen molar-refractivity contribution >= 4 is 22.9 Å². The Bertz CT molecular complexity index is 522. The molecule has 1 aromatic carbocycles. The Kier molecular flexibility index (Phi) is 3.52. The average Bonchev–Trinajstić information content (AvgIpc) is 2.63. The number of nitrogens with zero attached hydrogens (tertiary/aromatic N) is 1. The SMILES string of the molecule is Cc1nc(CC(C)(O)c2ccccc2Cl)cs1. The van der Waals surface area contributed by atoms with Crippen LogP contribution in [0.25, 0.3) is 0 Å². The van der Waals surface area contributed by atoms with Gasteiger partial charge in [-0.15, -0.1) is 11.3 Å².